The SMILES string of the molecule is C=CCNC(=O)CSc1nc2ccccc2c(=O)n1-c1cccnc1. The van der Waals surface area contributed by atoms with E-state index in [1.807, 2.05) is 6.07 Å². The summed E-state index contributed by atoms with van der Waals surface area (Å²) in [6.07, 6.45) is 4.85. The Morgan fingerprint density at radius 3 is 2.88 bits per heavy atom. The highest BCUT2D eigenvalue weighted by Gasteiger charge is 2.14. The van der Waals surface area contributed by atoms with Gasteiger partial charge in [-0.05, 0) is 24.3 Å². The summed E-state index contributed by atoms with van der Waals surface area (Å²) in [5.74, 6) is 0.00356. The normalized spacial score (nSPS) is 10.6. The van der Waals surface area contributed by atoms with Gasteiger partial charge in [-0.3, -0.25) is 19.1 Å². The first kappa shape index (κ1) is 16.9. The van der Waals surface area contributed by atoms with E-state index < -0.39 is 0 Å². The molecule has 0 saturated carbocycles. The standard InChI is InChI=1S/C18H16N4O2S/c1-2-9-20-16(23)12-25-18-21-15-8-4-3-7-14(15)17(24)22(18)13-6-5-10-19-11-13/h2-8,10-11H,1,9,12H2,(H,20,23). The first-order valence-electron chi connectivity index (χ1n) is 7.63. The number of nitrogens with zero attached hydrogens (tertiary/aromatic N) is 3. The average Bonchev–Trinajstić information content (AvgIpc) is 2.65. The van der Waals surface area contributed by atoms with Crippen LogP contribution in [0.1, 0.15) is 0 Å². The second kappa shape index (κ2) is 7.76. The predicted octanol–water partition coefficient (Wildman–Crippen LogP) is 2.17. The highest BCUT2D eigenvalue weighted by atomic mass is 32.2. The van der Waals surface area contributed by atoms with Crippen LogP contribution in [-0.2, 0) is 4.79 Å². The van der Waals surface area contributed by atoms with Crippen molar-refractivity contribution in [2.75, 3.05) is 12.3 Å². The summed E-state index contributed by atoms with van der Waals surface area (Å²) in [6, 6.07) is 10.7. The first-order chi connectivity index (χ1) is 12.2. The largest absolute Gasteiger partial charge is 0.352 e. The van der Waals surface area contributed by atoms with Gasteiger partial charge in [0, 0.05) is 12.7 Å². The molecule has 126 valence electrons. The van der Waals surface area contributed by atoms with E-state index in [0.717, 1.165) is 0 Å². The number of para-hydroxylation sites is 1. The lowest BCUT2D eigenvalue weighted by molar-refractivity contribution is -0.118. The molecule has 25 heavy (non-hydrogen) atoms. The molecule has 0 unspecified atom stereocenters. The van der Waals surface area contributed by atoms with Crippen LogP contribution in [0.15, 0.2) is 71.4 Å². The maximum Gasteiger partial charge on any atom is 0.266 e. The number of rotatable bonds is 6. The molecule has 0 bridgehead atoms. The summed E-state index contributed by atoms with van der Waals surface area (Å²) < 4.78 is 1.49. The zero-order valence-corrected chi connectivity index (χ0v) is 14.2. The monoisotopic (exact) mass is 352 g/mol. The van der Waals surface area contributed by atoms with Crippen LogP contribution >= 0.6 is 11.8 Å². The van der Waals surface area contributed by atoms with E-state index in [-0.39, 0.29) is 17.2 Å². The van der Waals surface area contributed by atoms with Crippen LogP contribution in [-0.4, -0.2) is 32.7 Å². The Morgan fingerprint density at radius 2 is 2.12 bits per heavy atom. The van der Waals surface area contributed by atoms with Crippen molar-refractivity contribution in [2.24, 2.45) is 0 Å². The second-order valence-corrected chi connectivity index (χ2v) is 6.09. The number of pyridine rings is 1. The number of hydrogen-bond acceptors (Lipinski definition) is 5. The predicted molar refractivity (Wildman–Crippen MR) is 99.1 cm³/mol. The number of aromatic nitrogens is 3. The Balaban J connectivity index is 2.05. The van der Waals surface area contributed by atoms with Gasteiger partial charge in [-0.25, -0.2) is 4.98 Å². The smallest absolute Gasteiger partial charge is 0.266 e. The lowest BCUT2D eigenvalue weighted by Crippen LogP contribution is -2.26. The molecule has 0 saturated heterocycles. The summed E-state index contributed by atoms with van der Waals surface area (Å²) >= 11 is 1.21. The van der Waals surface area contributed by atoms with Gasteiger partial charge in [0.25, 0.3) is 5.56 Å². The number of amides is 1. The van der Waals surface area contributed by atoms with Gasteiger partial charge in [-0.1, -0.05) is 30.0 Å². The molecule has 2 heterocycles. The van der Waals surface area contributed by atoms with E-state index in [9.17, 15) is 9.59 Å². The van der Waals surface area contributed by atoms with Crippen LogP contribution in [0.25, 0.3) is 16.6 Å². The van der Waals surface area contributed by atoms with Gasteiger partial charge in [0.15, 0.2) is 5.16 Å². The fraction of sp³-hybridized carbons (Fsp3) is 0.111. The molecule has 3 aromatic rings. The fourth-order valence-electron chi connectivity index (χ4n) is 2.29. The Bertz CT molecular complexity index is 970. The number of hydrogen-bond donors (Lipinski definition) is 1. The van der Waals surface area contributed by atoms with Crippen LogP contribution in [0.4, 0.5) is 0 Å². The highest BCUT2D eigenvalue weighted by molar-refractivity contribution is 7.99. The number of benzene rings is 1. The van der Waals surface area contributed by atoms with Gasteiger partial charge >= 0.3 is 0 Å². The van der Waals surface area contributed by atoms with Crippen LogP contribution in [0, 0.1) is 0 Å². The van der Waals surface area contributed by atoms with Crippen molar-refractivity contribution < 1.29 is 4.79 Å². The quantitative estimate of drug-likeness (QED) is 0.418. The molecule has 1 amide bonds. The van der Waals surface area contributed by atoms with Crippen LogP contribution < -0.4 is 10.9 Å². The molecule has 0 spiro atoms. The molecule has 1 aromatic carbocycles. The van der Waals surface area contributed by atoms with Crippen molar-refractivity contribution in [1.82, 2.24) is 19.9 Å². The first-order valence-corrected chi connectivity index (χ1v) is 8.62. The van der Waals surface area contributed by atoms with Crippen molar-refractivity contribution in [3.63, 3.8) is 0 Å². The second-order valence-electron chi connectivity index (χ2n) is 5.14. The van der Waals surface area contributed by atoms with Gasteiger partial charge in [-0.15, -0.1) is 6.58 Å². The minimum Gasteiger partial charge on any atom is -0.352 e. The summed E-state index contributed by atoms with van der Waals surface area (Å²) in [7, 11) is 0. The fourth-order valence-corrected chi connectivity index (χ4v) is 3.13. The third-order valence-electron chi connectivity index (χ3n) is 3.42. The zero-order chi connectivity index (χ0) is 17.6. The molecule has 7 heteroatoms. The van der Waals surface area contributed by atoms with Gasteiger partial charge in [-0.2, -0.15) is 0 Å². The van der Waals surface area contributed by atoms with Crippen LogP contribution in [0.2, 0.25) is 0 Å². The van der Waals surface area contributed by atoms with Gasteiger partial charge in [0.2, 0.25) is 5.91 Å². The van der Waals surface area contributed by atoms with Crippen LogP contribution in [0.5, 0.6) is 0 Å². The highest BCUT2D eigenvalue weighted by Crippen LogP contribution is 2.20. The van der Waals surface area contributed by atoms with Crippen molar-refractivity contribution in [3.05, 3.63) is 71.8 Å². The average molecular weight is 352 g/mol. The summed E-state index contributed by atoms with van der Waals surface area (Å²) in [5.41, 5.74) is 1.02. The molecule has 3 rings (SSSR count). The molecule has 0 radical (unpaired) electrons. The van der Waals surface area contributed by atoms with E-state index in [1.54, 1.807) is 48.8 Å². The third kappa shape index (κ3) is 3.77. The van der Waals surface area contributed by atoms with E-state index in [1.165, 1.54) is 16.3 Å². The molecule has 2 aromatic heterocycles. The molecule has 0 aliphatic carbocycles. The maximum atomic E-state index is 12.9. The third-order valence-corrected chi connectivity index (χ3v) is 4.36. The van der Waals surface area contributed by atoms with E-state index in [4.69, 9.17) is 0 Å². The number of nitrogens with one attached hydrogen (secondary N) is 1. The van der Waals surface area contributed by atoms with Crippen LogP contribution in [0.3, 0.4) is 0 Å². The number of carbonyl (C=O) groups excluding carboxylic acids is 1. The number of carbonyl (C=O) groups is 1. The zero-order valence-electron chi connectivity index (χ0n) is 13.4. The van der Waals surface area contributed by atoms with Crippen molar-refractivity contribution >= 4 is 28.6 Å². The van der Waals surface area contributed by atoms with Crippen molar-refractivity contribution in [2.45, 2.75) is 5.16 Å². The lowest BCUT2D eigenvalue weighted by Gasteiger charge is -2.12. The molecule has 0 aliphatic rings. The molecule has 1 N–H and O–H groups in total. The number of thioether (sulfide) groups is 1. The molecule has 0 atom stereocenters. The van der Waals surface area contributed by atoms with E-state index in [2.05, 4.69) is 21.9 Å². The Labute approximate surface area is 148 Å². The number of fused-ring (bicyclic) bond motifs is 1. The van der Waals surface area contributed by atoms with Gasteiger partial charge in [0.1, 0.15) is 0 Å². The topological polar surface area (TPSA) is 76.9 Å². The molecule has 0 fully saturated rings. The molecular weight excluding hydrogens is 336 g/mol. The van der Waals surface area contributed by atoms with E-state index >= 15 is 0 Å². The Kier molecular flexibility index (Phi) is 5.25. The molecule has 6 nitrogen and oxygen atoms in total. The lowest BCUT2D eigenvalue weighted by atomic mass is 10.2. The summed E-state index contributed by atoms with van der Waals surface area (Å²) in [6.45, 7) is 3.97. The van der Waals surface area contributed by atoms with Gasteiger partial charge in [0.05, 0.1) is 28.5 Å². The van der Waals surface area contributed by atoms with Crippen molar-refractivity contribution in [1.29, 1.82) is 0 Å². The summed E-state index contributed by atoms with van der Waals surface area (Å²) in [4.78, 5) is 33.4. The Hall–Kier alpha value is -2.93. The van der Waals surface area contributed by atoms with Gasteiger partial charge < -0.3 is 5.32 Å². The molecular formula is C18H16N4O2S. The molecule has 0 aliphatic heterocycles. The Morgan fingerprint density at radius 1 is 1.28 bits per heavy atom. The maximum absolute atomic E-state index is 12.9. The minimum atomic E-state index is -0.187. The van der Waals surface area contributed by atoms with E-state index in [0.29, 0.717) is 28.3 Å². The summed E-state index contributed by atoms with van der Waals surface area (Å²) in [5, 5.41) is 3.68. The van der Waals surface area contributed by atoms with Crippen molar-refractivity contribution in [3.8, 4) is 5.69 Å². The minimum absolute atomic E-state index is 0.148.